The number of primary amides is 1. The van der Waals surface area contributed by atoms with Crippen molar-refractivity contribution < 1.29 is 9.59 Å². The summed E-state index contributed by atoms with van der Waals surface area (Å²) >= 11 is 0. The smallest absolute Gasteiger partial charge is 0.236 e. The van der Waals surface area contributed by atoms with Crippen molar-refractivity contribution in [3.8, 4) is 0 Å². The van der Waals surface area contributed by atoms with Gasteiger partial charge >= 0.3 is 0 Å². The number of amides is 2. The Balaban J connectivity index is 2.34. The van der Waals surface area contributed by atoms with Gasteiger partial charge in [0.25, 0.3) is 0 Å². The summed E-state index contributed by atoms with van der Waals surface area (Å²) in [5, 5.41) is 5.61. The molecule has 2 atom stereocenters. The fraction of sp³-hybridized carbons (Fsp3) is 0.750. The molecule has 0 aromatic rings. The molecule has 0 saturated carbocycles. The molecule has 5 nitrogen and oxygen atoms in total. The second-order valence-corrected chi connectivity index (χ2v) is 3.43. The molecular formula is C8H15N3O2. The van der Waals surface area contributed by atoms with Crippen molar-refractivity contribution in [2.75, 3.05) is 19.6 Å². The van der Waals surface area contributed by atoms with Crippen LogP contribution in [0.2, 0.25) is 0 Å². The monoisotopic (exact) mass is 185 g/mol. The van der Waals surface area contributed by atoms with E-state index < -0.39 is 5.91 Å². The number of hydrogen-bond donors (Lipinski definition) is 3. The van der Waals surface area contributed by atoms with E-state index in [0.717, 1.165) is 6.54 Å². The highest BCUT2D eigenvalue weighted by Crippen LogP contribution is 2.15. The van der Waals surface area contributed by atoms with E-state index >= 15 is 0 Å². The Morgan fingerprint density at radius 3 is 2.69 bits per heavy atom. The van der Waals surface area contributed by atoms with Gasteiger partial charge in [0.15, 0.2) is 0 Å². The molecule has 2 unspecified atom stereocenters. The average Bonchev–Trinajstić information content (AvgIpc) is 2.47. The quantitative estimate of drug-likeness (QED) is 0.497. The first-order chi connectivity index (χ1) is 6.11. The van der Waals surface area contributed by atoms with Gasteiger partial charge in [0, 0.05) is 6.54 Å². The Labute approximate surface area is 77.1 Å². The van der Waals surface area contributed by atoms with E-state index in [1.807, 2.05) is 6.92 Å². The molecule has 1 rings (SSSR count). The predicted molar refractivity (Wildman–Crippen MR) is 47.7 cm³/mol. The van der Waals surface area contributed by atoms with Gasteiger partial charge in [0.2, 0.25) is 11.8 Å². The molecule has 5 heteroatoms. The van der Waals surface area contributed by atoms with Crippen LogP contribution in [0, 0.1) is 11.8 Å². The number of carbonyl (C=O) groups excluding carboxylic acids is 2. The van der Waals surface area contributed by atoms with Crippen LogP contribution in [-0.4, -0.2) is 31.4 Å². The molecule has 1 heterocycles. The first kappa shape index (κ1) is 9.98. The Morgan fingerprint density at radius 2 is 2.23 bits per heavy atom. The molecule has 0 aromatic heterocycles. The van der Waals surface area contributed by atoms with Gasteiger partial charge < -0.3 is 16.4 Å². The van der Waals surface area contributed by atoms with E-state index in [1.54, 1.807) is 0 Å². The summed E-state index contributed by atoms with van der Waals surface area (Å²) in [6.07, 6.45) is 0. The highest BCUT2D eigenvalue weighted by atomic mass is 16.2. The molecule has 0 bridgehead atoms. The zero-order valence-electron chi connectivity index (χ0n) is 7.67. The maximum Gasteiger partial charge on any atom is 0.236 e. The van der Waals surface area contributed by atoms with Crippen LogP contribution in [0.3, 0.4) is 0 Å². The number of rotatable bonds is 3. The van der Waals surface area contributed by atoms with E-state index in [1.165, 1.54) is 0 Å². The third-order valence-electron chi connectivity index (χ3n) is 2.29. The maximum atomic E-state index is 11.4. The maximum absolute atomic E-state index is 11.4. The standard InChI is InChI=1S/C8H15N3O2/c1-5-2-10-3-6(5)8(13)11-4-7(9)12/h5-6,10H,2-4H2,1H3,(H2,9,12)(H,11,13). The molecule has 13 heavy (non-hydrogen) atoms. The zero-order chi connectivity index (χ0) is 9.84. The largest absolute Gasteiger partial charge is 0.368 e. The Hall–Kier alpha value is -1.10. The van der Waals surface area contributed by atoms with Gasteiger partial charge in [-0.2, -0.15) is 0 Å². The first-order valence-electron chi connectivity index (χ1n) is 4.38. The van der Waals surface area contributed by atoms with Crippen molar-refractivity contribution in [2.24, 2.45) is 17.6 Å². The lowest BCUT2D eigenvalue weighted by Gasteiger charge is -2.12. The molecule has 74 valence electrons. The molecule has 1 aliphatic rings. The van der Waals surface area contributed by atoms with E-state index in [0.29, 0.717) is 12.5 Å². The van der Waals surface area contributed by atoms with Crippen LogP contribution in [0.5, 0.6) is 0 Å². The third kappa shape index (κ3) is 2.69. The Kier molecular flexibility index (Phi) is 3.25. The third-order valence-corrected chi connectivity index (χ3v) is 2.29. The topological polar surface area (TPSA) is 84.2 Å². The van der Waals surface area contributed by atoms with Gasteiger partial charge in [-0.25, -0.2) is 0 Å². The van der Waals surface area contributed by atoms with Crippen molar-refractivity contribution in [1.29, 1.82) is 0 Å². The van der Waals surface area contributed by atoms with Crippen molar-refractivity contribution >= 4 is 11.8 Å². The normalized spacial score (nSPS) is 27.2. The molecule has 0 radical (unpaired) electrons. The van der Waals surface area contributed by atoms with E-state index in [9.17, 15) is 9.59 Å². The Morgan fingerprint density at radius 1 is 1.54 bits per heavy atom. The summed E-state index contributed by atoms with van der Waals surface area (Å²) in [6.45, 7) is 3.48. The summed E-state index contributed by atoms with van der Waals surface area (Å²) < 4.78 is 0. The van der Waals surface area contributed by atoms with Gasteiger partial charge in [-0.1, -0.05) is 6.92 Å². The number of carbonyl (C=O) groups is 2. The summed E-state index contributed by atoms with van der Waals surface area (Å²) in [5.41, 5.74) is 4.90. The molecule has 0 aliphatic carbocycles. The highest BCUT2D eigenvalue weighted by Gasteiger charge is 2.29. The fourth-order valence-electron chi connectivity index (χ4n) is 1.47. The average molecular weight is 185 g/mol. The molecule has 4 N–H and O–H groups in total. The van der Waals surface area contributed by atoms with Crippen LogP contribution in [0.25, 0.3) is 0 Å². The van der Waals surface area contributed by atoms with Crippen molar-refractivity contribution in [3.63, 3.8) is 0 Å². The molecule has 1 fully saturated rings. The number of nitrogens with one attached hydrogen (secondary N) is 2. The molecule has 1 saturated heterocycles. The van der Waals surface area contributed by atoms with Crippen LogP contribution in [0.4, 0.5) is 0 Å². The van der Waals surface area contributed by atoms with Gasteiger partial charge in [-0.15, -0.1) is 0 Å². The van der Waals surface area contributed by atoms with Crippen LogP contribution in [0.15, 0.2) is 0 Å². The summed E-state index contributed by atoms with van der Waals surface area (Å²) in [5.74, 6) is -0.296. The van der Waals surface area contributed by atoms with Gasteiger partial charge in [0.1, 0.15) is 0 Å². The minimum Gasteiger partial charge on any atom is -0.368 e. The lowest BCUT2D eigenvalue weighted by Crippen LogP contribution is -2.39. The number of hydrogen-bond acceptors (Lipinski definition) is 3. The fourth-order valence-corrected chi connectivity index (χ4v) is 1.47. The van der Waals surface area contributed by atoms with Gasteiger partial charge in [-0.3, -0.25) is 9.59 Å². The van der Waals surface area contributed by atoms with Gasteiger partial charge in [-0.05, 0) is 12.5 Å². The molecule has 0 aromatic carbocycles. The molecule has 0 spiro atoms. The van der Waals surface area contributed by atoms with Crippen molar-refractivity contribution in [1.82, 2.24) is 10.6 Å². The van der Waals surface area contributed by atoms with E-state index in [-0.39, 0.29) is 18.4 Å². The molecule has 2 amide bonds. The first-order valence-corrected chi connectivity index (χ1v) is 4.38. The lowest BCUT2D eigenvalue weighted by molar-refractivity contribution is -0.128. The van der Waals surface area contributed by atoms with Gasteiger partial charge in [0.05, 0.1) is 12.5 Å². The predicted octanol–water partition coefficient (Wildman–Crippen LogP) is -1.56. The minimum absolute atomic E-state index is 0.0284. The summed E-state index contributed by atoms with van der Waals surface area (Å²) in [7, 11) is 0. The molecular weight excluding hydrogens is 170 g/mol. The van der Waals surface area contributed by atoms with Crippen LogP contribution < -0.4 is 16.4 Å². The van der Waals surface area contributed by atoms with Crippen molar-refractivity contribution in [3.05, 3.63) is 0 Å². The number of nitrogens with two attached hydrogens (primary N) is 1. The second kappa shape index (κ2) is 4.23. The van der Waals surface area contributed by atoms with Crippen LogP contribution in [0.1, 0.15) is 6.92 Å². The Bertz CT molecular complexity index is 217. The highest BCUT2D eigenvalue weighted by molar-refractivity contribution is 5.85. The summed E-state index contributed by atoms with van der Waals surface area (Å²) in [4.78, 5) is 21.8. The van der Waals surface area contributed by atoms with Crippen LogP contribution >= 0.6 is 0 Å². The van der Waals surface area contributed by atoms with E-state index in [4.69, 9.17) is 5.73 Å². The second-order valence-electron chi connectivity index (χ2n) is 3.43. The SMILES string of the molecule is CC1CNCC1C(=O)NCC(N)=O. The molecule has 1 aliphatic heterocycles. The summed E-state index contributed by atoms with van der Waals surface area (Å²) in [6, 6.07) is 0. The zero-order valence-corrected chi connectivity index (χ0v) is 7.67. The van der Waals surface area contributed by atoms with Crippen LogP contribution in [-0.2, 0) is 9.59 Å². The van der Waals surface area contributed by atoms with E-state index in [2.05, 4.69) is 10.6 Å². The van der Waals surface area contributed by atoms with Crippen molar-refractivity contribution in [2.45, 2.75) is 6.92 Å². The minimum atomic E-state index is -0.507. The lowest BCUT2D eigenvalue weighted by atomic mass is 9.97.